The highest BCUT2D eigenvalue weighted by Crippen LogP contribution is 2.32. The number of hydrogen-bond acceptors (Lipinski definition) is 7. The molecule has 9 heteroatoms. The molecule has 0 bridgehead atoms. The summed E-state index contributed by atoms with van der Waals surface area (Å²) in [7, 11) is 1.66. The fourth-order valence-corrected chi connectivity index (χ4v) is 5.55. The van der Waals surface area contributed by atoms with Crippen LogP contribution in [0.3, 0.4) is 0 Å². The molecule has 1 saturated heterocycles. The summed E-state index contributed by atoms with van der Waals surface area (Å²) < 4.78 is 11.8. The minimum absolute atomic E-state index is 0. The highest BCUT2D eigenvalue weighted by Gasteiger charge is 2.20. The van der Waals surface area contributed by atoms with Crippen LogP contribution in [0, 0.1) is 0 Å². The third kappa shape index (κ3) is 7.32. The summed E-state index contributed by atoms with van der Waals surface area (Å²) >= 11 is 3.27. The van der Waals surface area contributed by atoms with Gasteiger partial charge < -0.3 is 9.47 Å². The van der Waals surface area contributed by atoms with E-state index >= 15 is 0 Å². The number of benzene rings is 2. The third-order valence-corrected chi connectivity index (χ3v) is 7.46. The van der Waals surface area contributed by atoms with Crippen LogP contribution in [0.5, 0.6) is 5.75 Å². The van der Waals surface area contributed by atoms with Crippen molar-refractivity contribution < 1.29 is 14.3 Å². The number of methoxy groups -OCH3 is 1. The van der Waals surface area contributed by atoms with E-state index in [0.29, 0.717) is 13.0 Å². The highest BCUT2D eigenvalue weighted by molar-refractivity contribution is 7.99. The number of anilines is 1. The van der Waals surface area contributed by atoms with Gasteiger partial charge in [0.05, 0.1) is 30.5 Å². The van der Waals surface area contributed by atoms with Crippen molar-refractivity contribution >= 4 is 56.8 Å². The van der Waals surface area contributed by atoms with Crippen LogP contribution in [0.25, 0.3) is 10.2 Å². The summed E-state index contributed by atoms with van der Waals surface area (Å²) in [6, 6.07) is 16.1. The Balaban J connectivity index is 0.00000306. The van der Waals surface area contributed by atoms with Crippen LogP contribution >= 0.6 is 35.5 Å². The van der Waals surface area contributed by atoms with Gasteiger partial charge in [-0.25, -0.2) is 4.98 Å². The predicted octanol–water partition coefficient (Wildman–Crippen LogP) is 4.96. The monoisotopic (exact) mass is 507 g/mol. The van der Waals surface area contributed by atoms with Crippen molar-refractivity contribution in [1.82, 2.24) is 9.88 Å². The van der Waals surface area contributed by atoms with Gasteiger partial charge in [0.15, 0.2) is 5.13 Å². The molecule has 3 aromatic rings. The molecule has 1 aliphatic rings. The molecule has 4 rings (SSSR count). The largest absolute Gasteiger partial charge is 0.497 e. The van der Waals surface area contributed by atoms with Crippen LogP contribution in [0.1, 0.15) is 12.8 Å². The van der Waals surface area contributed by atoms with Crippen molar-refractivity contribution in [2.24, 2.45) is 0 Å². The maximum Gasteiger partial charge on any atom is 0.229 e. The second-order valence-corrected chi connectivity index (χ2v) is 9.77. The number of amides is 1. The number of ether oxygens (including phenoxy) is 2. The van der Waals surface area contributed by atoms with Crippen molar-refractivity contribution in [2.45, 2.75) is 17.7 Å². The number of nitrogens with zero attached hydrogens (tertiary/aromatic N) is 3. The van der Waals surface area contributed by atoms with Gasteiger partial charge in [0.1, 0.15) is 5.75 Å². The number of morpholine rings is 1. The first-order valence-electron chi connectivity index (χ1n) is 11.0. The molecule has 0 aliphatic carbocycles. The van der Waals surface area contributed by atoms with Crippen LogP contribution in [0.15, 0.2) is 53.4 Å². The number of halogens is 1. The van der Waals surface area contributed by atoms with Crippen molar-refractivity contribution in [2.75, 3.05) is 57.2 Å². The van der Waals surface area contributed by atoms with E-state index in [0.717, 1.165) is 66.1 Å². The average Bonchev–Trinajstić information content (AvgIpc) is 3.26. The fraction of sp³-hybridized carbons (Fsp3) is 0.417. The van der Waals surface area contributed by atoms with Crippen LogP contribution in [0.4, 0.5) is 5.13 Å². The molecule has 33 heavy (non-hydrogen) atoms. The molecule has 0 unspecified atom stereocenters. The lowest BCUT2D eigenvalue weighted by molar-refractivity contribution is -0.118. The van der Waals surface area contributed by atoms with E-state index in [4.69, 9.17) is 14.5 Å². The molecule has 6 nitrogen and oxygen atoms in total. The number of rotatable bonds is 10. The van der Waals surface area contributed by atoms with Crippen molar-refractivity contribution in [3.63, 3.8) is 0 Å². The van der Waals surface area contributed by atoms with Gasteiger partial charge in [-0.2, -0.15) is 0 Å². The van der Waals surface area contributed by atoms with E-state index in [1.807, 2.05) is 41.3 Å². The molecule has 0 radical (unpaired) electrons. The van der Waals surface area contributed by atoms with E-state index in [9.17, 15) is 4.79 Å². The zero-order chi connectivity index (χ0) is 22.2. The SMILES string of the molecule is COc1ccc2nc(N(CCCN3CCOCC3)C(=O)CCSc3ccccc3)sc2c1.Cl. The summed E-state index contributed by atoms with van der Waals surface area (Å²) in [6.45, 7) is 5.14. The molecule has 0 saturated carbocycles. The van der Waals surface area contributed by atoms with Gasteiger partial charge in [-0.05, 0) is 36.8 Å². The van der Waals surface area contributed by atoms with Gasteiger partial charge in [-0.1, -0.05) is 29.5 Å². The third-order valence-electron chi connectivity index (χ3n) is 5.40. The second-order valence-electron chi connectivity index (χ2n) is 7.59. The lowest BCUT2D eigenvalue weighted by Gasteiger charge is -2.27. The number of hydrogen-bond donors (Lipinski definition) is 0. The van der Waals surface area contributed by atoms with Crippen LogP contribution in [0.2, 0.25) is 0 Å². The minimum atomic E-state index is 0. The Morgan fingerprint density at radius 1 is 1.21 bits per heavy atom. The lowest BCUT2D eigenvalue weighted by atomic mass is 10.3. The first-order valence-corrected chi connectivity index (χ1v) is 12.8. The summed E-state index contributed by atoms with van der Waals surface area (Å²) in [4.78, 5) is 23.5. The molecule has 2 aromatic carbocycles. The van der Waals surface area contributed by atoms with Gasteiger partial charge in [-0.15, -0.1) is 24.2 Å². The normalized spacial score (nSPS) is 14.1. The van der Waals surface area contributed by atoms with Crippen LogP contribution in [-0.4, -0.2) is 68.0 Å². The van der Waals surface area contributed by atoms with Gasteiger partial charge >= 0.3 is 0 Å². The summed E-state index contributed by atoms with van der Waals surface area (Å²) in [5.74, 6) is 1.68. The number of fused-ring (bicyclic) bond motifs is 1. The van der Waals surface area contributed by atoms with Crippen LogP contribution < -0.4 is 9.64 Å². The topological polar surface area (TPSA) is 54.9 Å². The first-order chi connectivity index (χ1) is 15.7. The summed E-state index contributed by atoms with van der Waals surface area (Å²) in [5, 5.41) is 0.768. The zero-order valence-corrected chi connectivity index (χ0v) is 21.2. The predicted molar refractivity (Wildman–Crippen MR) is 139 cm³/mol. The molecule has 0 atom stereocenters. The second kappa shape index (κ2) is 13.2. The Morgan fingerprint density at radius 2 is 2.00 bits per heavy atom. The summed E-state index contributed by atoms with van der Waals surface area (Å²) in [6.07, 6.45) is 1.40. The number of carbonyl (C=O) groups excluding carboxylic acids is 1. The Bertz CT molecular complexity index is 1010. The van der Waals surface area contributed by atoms with Crippen molar-refractivity contribution in [3.8, 4) is 5.75 Å². The molecule has 0 N–H and O–H groups in total. The quantitative estimate of drug-likeness (QED) is 0.361. The molecule has 1 aliphatic heterocycles. The van der Waals surface area contributed by atoms with Gasteiger partial charge in [0, 0.05) is 43.2 Å². The number of thioether (sulfide) groups is 1. The zero-order valence-electron chi connectivity index (χ0n) is 18.8. The van der Waals surface area contributed by atoms with Gasteiger partial charge in [-0.3, -0.25) is 14.6 Å². The molecule has 2 heterocycles. The van der Waals surface area contributed by atoms with E-state index < -0.39 is 0 Å². The average molecular weight is 508 g/mol. The maximum atomic E-state index is 13.2. The standard InChI is InChI=1S/C24H29N3O3S2.ClH/c1-29-19-8-9-21-22(18-19)32-24(25-21)27(12-5-11-26-13-15-30-16-14-26)23(28)10-17-31-20-6-3-2-4-7-20;/h2-4,6-9,18H,5,10-17H2,1H3;1H. The highest BCUT2D eigenvalue weighted by atomic mass is 35.5. The van der Waals surface area contributed by atoms with E-state index in [1.165, 1.54) is 4.90 Å². The Kier molecular flexibility index (Phi) is 10.3. The van der Waals surface area contributed by atoms with E-state index in [-0.39, 0.29) is 18.3 Å². The Hall–Kier alpha value is -1.84. The van der Waals surface area contributed by atoms with E-state index in [2.05, 4.69) is 17.0 Å². The fourth-order valence-electron chi connectivity index (χ4n) is 3.65. The number of thiazole rings is 1. The number of carbonyl (C=O) groups is 1. The molecule has 1 fully saturated rings. The minimum Gasteiger partial charge on any atom is -0.497 e. The van der Waals surface area contributed by atoms with Gasteiger partial charge in [0.2, 0.25) is 5.91 Å². The van der Waals surface area contributed by atoms with Crippen molar-refractivity contribution in [3.05, 3.63) is 48.5 Å². The molecule has 1 amide bonds. The van der Waals surface area contributed by atoms with Crippen molar-refractivity contribution in [1.29, 1.82) is 0 Å². The molecule has 178 valence electrons. The molecular formula is C24H30ClN3O3S2. The Labute approximate surface area is 209 Å². The lowest BCUT2D eigenvalue weighted by Crippen LogP contribution is -2.39. The number of aromatic nitrogens is 1. The van der Waals surface area contributed by atoms with Crippen LogP contribution in [-0.2, 0) is 9.53 Å². The van der Waals surface area contributed by atoms with E-state index in [1.54, 1.807) is 30.2 Å². The summed E-state index contributed by atoms with van der Waals surface area (Å²) in [5.41, 5.74) is 0.899. The smallest absolute Gasteiger partial charge is 0.229 e. The first kappa shape index (κ1) is 25.8. The molecular weight excluding hydrogens is 478 g/mol. The molecule has 0 spiro atoms. The molecule has 1 aromatic heterocycles. The Morgan fingerprint density at radius 3 is 2.76 bits per heavy atom. The van der Waals surface area contributed by atoms with Gasteiger partial charge in [0.25, 0.3) is 0 Å². The maximum absolute atomic E-state index is 13.2.